The smallest absolute Gasteiger partial charge is 0.192 e. The molecule has 1 aromatic heterocycles. The lowest BCUT2D eigenvalue weighted by Gasteiger charge is -2.43. The molecule has 1 heterocycles. The van der Waals surface area contributed by atoms with Gasteiger partial charge in [-0.25, -0.2) is 0 Å². The number of pyridine rings is 1. The van der Waals surface area contributed by atoms with E-state index in [1.165, 1.54) is 0 Å². The summed E-state index contributed by atoms with van der Waals surface area (Å²) in [5, 5.41) is 11.1. The summed E-state index contributed by atoms with van der Waals surface area (Å²) in [6, 6.07) is 3.86. The fraction of sp³-hybridized carbons (Fsp3) is 0.706. The number of hydrogen-bond acceptors (Lipinski definition) is 3. The minimum Gasteiger partial charge on any atom is -0.414 e. The highest BCUT2D eigenvalue weighted by atomic mass is 79.9. The first kappa shape index (κ1) is 18.1. The Hall–Kier alpha value is -0.233. The third-order valence-electron chi connectivity index (χ3n) is 5.23. The van der Waals surface area contributed by atoms with Crippen LogP contribution in [0.2, 0.25) is 18.1 Å². The van der Waals surface area contributed by atoms with Gasteiger partial charge in [0, 0.05) is 16.8 Å². The SMILES string of the molecule is CC(C)(C)[Si](C)(C)O[C@H]1CC[C@](O)(c2ccc(Br)cn2)CC1. The normalized spacial score (nSPS) is 27.0. The molecule has 1 saturated carbocycles. The van der Waals surface area contributed by atoms with E-state index in [1.54, 1.807) is 6.20 Å². The predicted octanol–water partition coefficient (Wildman–Crippen LogP) is 5.00. The molecule has 1 N–H and O–H groups in total. The van der Waals surface area contributed by atoms with E-state index < -0.39 is 13.9 Å². The standard InChI is InChI=1S/C17H28BrNO2Si/c1-16(2,3)22(4,5)21-14-8-10-17(20,11-9-14)15-7-6-13(18)12-19-15/h6-7,12,14,20H,8-11H2,1-5H3/t14-,17+. The average Bonchev–Trinajstić information content (AvgIpc) is 2.41. The number of nitrogens with zero attached hydrogens (tertiary/aromatic N) is 1. The molecule has 1 aliphatic carbocycles. The molecule has 22 heavy (non-hydrogen) atoms. The van der Waals surface area contributed by atoms with Gasteiger partial charge in [0.05, 0.1) is 5.69 Å². The van der Waals surface area contributed by atoms with Crippen LogP contribution in [0.25, 0.3) is 0 Å². The van der Waals surface area contributed by atoms with Crippen LogP contribution >= 0.6 is 15.9 Å². The zero-order valence-electron chi connectivity index (χ0n) is 14.3. The molecule has 3 nitrogen and oxygen atoms in total. The molecule has 0 unspecified atom stereocenters. The summed E-state index contributed by atoms with van der Waals surface area (Å²) in [7, 11) is -1.73. The minimum atomic E-state index is -1.73. The van der Waals surface area contributed by atoms with Crippen LogP contribution in [0.15, 0.2) is 22.8 Å². The molecule has 1 aromatic rings. The van der Waals surface area contributed by atoms with Gasteiger partial charge in [-0.1, -0.05) is 20.8 Å². The monoisotopic (exact) mass is 385 g/mol. The van der Waals surface area contributed by atoms with E-state index in [2.05, 4.69) is 54.8 Å². The summed E-state index contributed by atoms with van der Waals surface area (Å²) in [6.07, 6.45) is 5.28. The lowest BCUT2D eigenvalue weighted by atomic mass is 9.81. The van der Waals surface area contributed by atoms with E-state index in [4.69, 9.17) is 4.43 Å². The third-order valence-corrected chi connectivity index (χ3v) is 10.2. The summed E-state index contributed by atoms with van der Waals surface area (Å²) in [5.41, 5.74) is -0.0185. The molecule has 0 radical (unpaired) electrons. The van der Waals surface area contributed by atoms with Crippen molar-refractivity contribution in [2.75, 3.05) is 0 Å². The molecule has 0 aromatic carbocycles. The topological polar surface area (TPSA) is 42.4 Å². The summed E-state index contributed by atoms with van der Waals surface area (Å²) in [5.74, 6) is 0. The summed E-state index contributed by atoms with van der Waals surface area (Å²) in [6.45, 7) is 11.4. The van der Waals surface area contributed by atoms with E-state index in [9.17, 15) is 5.11 Å². The Kier molecular flexibility index (Phi) is 5.22. The molecular weight excluding hydrogens is 358 g/mol. The second-order valence-corrected chi connectivity index (χ2v) is 13.6. The van der Waals surface area contributed by atoms with Crippen LogP contribution in [-0.4, -0.2) is 24.5 Å². The highest BCUT2D eigenvalue weighted by molar-refractivity contribution is 9.10. The number of hydrogen-bond donors (Lipinski definition) is 1. The van der Waals surface area contributed by atoms with E-state index >= 15 is 0 Å². The molecule has 5 heteroatoms. The average molecular weight is 386 g/mol. The molecule has 124 valence electrons. The Balaban J connectivity index is 1.99. The quantitative estimate of drug-likeness (QED) is 0.744. The Morgan fingerprint density at radius 2 is 1.86 bits per heavy atom. The number of aliphatic hydroxyl groups is 1. The number of aromatic nitrogens is 1. The fourth-order valence-electron chi connectivity index (χ4n) is 2.69. The zero-order valence-corrected chi connectivity index (χ0v) is 16.9. The van der Waals surface area contributed by atoms with Gasteiger partial charge in [0.1, 0.15) is 5.60 Å². The Bertz CT molecular complexity index is 502. The Morgan fingerprint density at radius 1 is 1.27 bits per heavy atom. The molecule has 0 spiro atoms. The second kappa shape index (κ2) is 6.34. The van der Waals surface area contributed by atoms with Crippen molar-refractivity contribution in [2.45, 2.75) is 76.3 Å². The van der Waals surface area contributed by atoms with Gasteiger partial charge in [-0.3, -0.25) is 4.98 Å². The number of rotatable bonds is 3. The van der Waals surface area contributed by atoms with Crippen molar-refractivity contribution in [1.82, 2.24) is 4.98 Å². The molecule has 0 amide bonds. The molecular formula is C17H28BrNO2Si. The highest BCUT2D eigenvalue weighted by Crippen LogP contribution is 2.42. The first-order valence-corrected chi connectivity index (χ1v) is 11.8. The van der Waals surface area contributed by atoms with E-state index in [0.29, 0.717) is 0 Å². The largest absolute Gasteiger partial charge is 0.414 e. The first-order valence-electron chi connectivity index (χ1n) is 8.06. The van der Waals surface area contributed by atoms with Crippen molar-refractivity contribution in [3.05, 3.63) is 28.5 Å². The molecule has 1 fully saturated rings. The van der Waals surface area contributed by atoms with Gasteiger partial charge in [0.15, 0.2) is 8.32 Å². The second-order valence-electron chi connectivity index (χ2n) is 7.97. The molecule has 0 atom stereocenters. The van der Waals surface area contributed by atoms with Gasteiger partial charge in [-0.05, 0) is 71.9 Å². The lowest BCUT2D eigenvalue weighted by Crippen LogP contribution is -2.46. The Labute approximate surface area is 143 Å². The van der Waals surface area contributed by atoms with Gasteiger partial charge >= 0.3 is 0 Å². The summed E-state index contributed by atoms with van der Waals surface area (Å²) in [4.78, 5) is 4.38. The molecule has 0 saturated heterocycles. The van der Waals surface area contributed by atoms with Crippen molar-refractivity contribution in [2.24, 2.45) is 0 Å². The van der Waals surface area contributed by atoms with E-state index in [-0.39, 0.29) is 11.1 Å². The molecule has 0 bridgehead atoms. The van der Waals surface area contributed by atoms with E-state index in [0.717, 1.165) is 35.8 Å². The predicted molar refractivity (Wildman–Crippen MR) is 96.4 cm³/mol. The van der Waals surface area contributed by atoms with Crippen molar-refractivity contribution in [3.63, 3.8) is 0 Å². The molecule has 0 aliphatic heterocycles. The number of halogens is 1. The van der Waals surface area contributed by atoms with Gasteiger partial charge in [-0.2, -0.15) is 0 Å². The zero-order chi connectivity index (χ0) is 16.6. The van der Waals surface area contributed by atoms with Gasteiger partial charge in [-0.15, -0.1) is 0 Å². The lowest BCUT2D eigenvalue weighted by molar-refractivity contribution is -0.0361. The van der Waals surface area contributed by atoms with E-state index in [1.807, 2.05) is 12.1 Å². The molecule has 1 aliphatic rings. The minimum absolute atomic E-state index is 0.230. The Morgan fingerprint density at radius 3 is 2.32 bits per heavy atom. The van der Waals surface area contributed by atoms with Gasteiger partial charge < -0.3 is 9.53 Å². The fourth-order valence-corrected chi connectivity index (χ4v) is 4.34. The van der Waals surface area contributed by atoms with Crippen molar-refractivity contribution >= 4 is 24.2 Å². The molecule has 2 rings (SSSR count). The summed E-state index contributed by atoms with van der Waals surface area (Å²) < 4.78 is 7.43. The maximum Gasteiger partial charge on any atom is 0.192 e. The van der Waals surface area contributed by atoms with Gasteiger partial charge in [0.2, 0.25) is 0 Å². The van der Waals surface area contributed by atoms with Gasteiger partial charge in [0.25, 0.3) is 0 Å². The van der Waals surface area contributed by atoms with Crippen molar-refractivity contribution < 1.29 is 9.53 Å². The maximum absolute atomic E-state index is 10.9. The van der Waals surface area contributed by atoms with Crippen LogP contribution in [0, 0.1) is 0 Å². The maximum atomic E-state index is 10.9. The van der Waals surface area contributed by atoms with Crippen LogP contribution in [0.1, 0.15) is 52.1 Å². The summed E-state index contributed by atoms with van der Waals surface area (Å²) >= 11 is 3.39. The van der Waals surface area contributed by atoms with Crippen molar-refractivity contribution in [3.8, 4) is 0 Å². The van der Waals surface area contributed by atoms with Crippen LogP contribution in [0.3, 0.4) is 0 Å². The highest BCUT2D eigenvalue weighted by Gasteiger charge is 2.42. The third kappa shape index (κ3) is 3.99. The van der Waals surface area contributed by atoms with Crippen molar-refractivity contribution in [1.29, 1.82) is 0 Å². The van der Waals surface area contributed by atoms with Crippen LogP contribution in [-0.2, 0) is 10.0 Å². The van der Waals surface area contributed by atoms with Crippen LogP contribution < -0.4 is 0 Å². The van der Waals surface area contributed by atoms with Crippen LogP contribution in [0.4, 0.5) is 0 Å². The first-order chi connectivity index (χ1) is 10.0. The van der Waals surface area contributed by atoms with Crippen LogP contribution in [0.5, 0.6) is 0 Å².